The fourth-order valence-electron chi connectivity index (χ4n) is 0.956. The van der Waals surface area contributed by atoms with Crippen molar-refractivity contribution in [2.45, 2.75) is 20.8 Å². The van der Waals surface area contributed by atoms with Crippen LogP contribution < -0.4 is 3.58 Å². The Hall–Kier alpha value is 0.0187. The monoisotopic (exact) mass is 239 g/mol. The van der Waals surface area contributed by atoms with Gasteiger partial charge < -0.3 is 0 Å². The van der Waals surface area contributed by atoms with Gasteiger partial charge in [0.25, 0.3) is 0 Å². The van der Waals surface area contributed by atoms with E-state index in [9.17, 15) is 0 Å². The molecule has 0 heterocycles. The van der Waals surface area contributed by atoms with Crippen molar-refractivity contribution in [3.8, 4) is 0 Å². The van der Waals surface area contributed by atoms with E-state index in [1.54, 1.807) is 0 Å². The zero-order valence-electron chi connectivity index (χ0n) is 6.65. The SMILES string of the molecule is Cc1cc[c]([Sn])c(C)c1C. The minimum absolute atomic E-state index is 1.41. The molecule has 0 fully saturated rings. The van der Waals surface area contributed by atoms with Gasteiger partial charge in [-0.15, -0.1) is 0 Å². The summed E-state index contributed by atoms with van der Waals surface area (Å²) in [4.78, 5) is 0. The van der Waals surface area contributed by atoms with E-state index < -0.39 is 0 Å². The Morgan fingerprint density at radius 1 is 1.00 bits per heavy atom. The van der Waals surface area contributed by atoms with Gasteiger partial charge in [-0.2, -0.15) is 0 Å². The molecule has 0 unspecified atom stereocenters. The van der Waals surface area contributed by atoms with Crippen LogP contribution in [0.2, 0.25) is 0 Å². The third kappa shape index (κ3) is 1.36. The maximum atomic E-state index is 2.22. The van der Waals surface area contributed by atoms with E-state index in [1.807, 2.05) is 0 Å². The molecule has 0 bridgehead atoms. The van der Waals surface area contributed by atoms with Gasteiger partial charge in [-0.3, -0.25) is 0 Å². The summed E-state index contributed by atoms with van der Waals surface area (Å²) in [5.74, 6) is 0. The fraction of sp³-hybridized carbons (Fsp3) is 0.333. The van der Waals surface area contributed by atoms with E-state index >= 15 is 0 Å². The fourth-order valence-corrected chi connectivity index (χ4v) is 1.73. The predicted octanol–water partition coefficient (Wildman–Crippen LogP) is 1.41. The molecule has 1 rings (SSSR count). The van der Waals surface area contributed by atoms with Gasteiger partial charge in [0.05, 0.1) is 0 Å². The van der Waals surface area contributed by atoms with Crippen LogP contribution in [0.15, 0.2) is 12.1 Å². The summed E-state index contributed by atoms with van der Waals surface area (Å²) in [6.45, 7) is 6.56. The summed E-state index contributed by atoms with van der Waals surface area (Å²) in [5, 5.41) is 0. The molecule has 0 aliphatic heterocycles. The number of rotatable bonds is 0. The van der Waals surface area contributed by atoms with Gasteiger partial charge in [-0.05, 0) is 0 Å². The molecule has 10 heavy (non-hydrogen) atoms. The molecule has 1 aromatic carbocycles. The van der Waals surface area contributed by atoms with Crippen molar-refractivity contribution in [1.29, 1.82) is 0 Å². The van der Waals surface area contributed by atoms with Crippen molar-refractivity contribution in [1.82, 2.24) is 0 Å². The van der Waals surface area contributed by atoms with Crippen LogP contribution in [0.25, 0.3) is 0 Å². The van der Waals surface area contributed by atoms with E-state index in [1.165, 1.54) is 42.8 Å². The summed E-state index contributed by atoms with van der Waals surface area (Å²) in [5.41, 5.74) is 4.33. The summed E-state index contributed by atoms with van der Waals surface area (Å²) in [6.07, 6.45) is 0. The molecule has 0 aliphatic rings. The zero-order chi connectivity index (χ0) is 7.72. The van der Waals surface area contributed by atoms with Gasteiger partial charge in [0.15, 0.2) is 0 Å². The van der Waals surface area contributed by atoms with Crippen LogP contribution in [-0.2, 0) is 0 Å². The quantitative estimate of drug-likeness (QED) is 0.599. The molecule has 0 N–H and O–H groups in total. The molecular formula is C9H11Sn. The normalized spacial score (nSPS) is 10.0. The predicted molar refractivity (Wildman–Crippen MR) is 46.0 cm³/mol. The van der Waals surface area contributed by atoms with Crippen molar-refractivity contribution < 1.29 is 0 Å². The molecule has 0 atom stereocenters. The number of hydrogen-bond donors (Lipinski definition) is 0. The molecule has 0 amide bonds. The van der Waals surface area contributed by atoms with Crippen molar-refractivity contribution in [2.24, 2.45) is 0 Å². The second-order valence-electron chi connectivity index (χ2n) is 2.68. The van der Waals surface area contributed by atoms with Crippen molar-refractivity contribution >= 4 is 26.1 Å². The van der Waals surface area contributed by atoms with Gasteiger partial charge in [0.1, 0.15) is 0 Å². The van der Waals surface area contributed by atoms with Crippen LogP contribution in [0.5, 0.6) is 0 Å². The second-order valence-corrected chi connectivity index (χ2v) is 4.22. The summed E-state index contributed by atoms with van der Waals surface area (Å²) >= 11 is 1.52. The van der Waals surface area contributed by atoms with Gasteiger partial charge in [0.2, 0.25) is 0 Å². The van der Waals surface area contributed by atoms with E-state index in [0.29, 0.717) is 0 Å². The van der Waals surface area contributed by atoms with Crippen LogP contribution >= 0.6 is 0 Å². The molecule has 51 valence electrons. The first kappa shape index (κ1) is 8.12. The summed E-state index contributed by atoms with van der Waals surface area (Å²) in [6, 6.07) is 4.42. The second kappa shape index (κ2) is 2.95. The Balaban J connectivity index is 3.34. The Bertz CT molecular complexity index is 224. The van der Waals surface area contributed by atoms with Crippen LogP contribution in [0, 0.1) is 20.8 Å². The molecule has 0 saturated carbocycles. The number of aryl methyl sites for hydroxylation is 1. The Morgan fingerprint density at radius 3 is 2.10 bits per heavy atom. The molecule has 0 spiro atoms. The molecule has 1 aromatic rings. The van der Waals surface area contributed by atoms with Crippen molar-refractivity contribution in [3.05, 3.63) is 28.8 Å². The first-order chi connectivity index (χ1) is 4.63. The van der Waals surface area contributed by atoms with Crippen LogP contribution in [0.4, 0.5) is 0 Å². The Kier molecular flexibility index (Phi) is 2.40. The molecular weight excluding hydrogens is 227 g/mol. The van der Waals surface area contributed by atoms with E-state index in [0.717, 1.165) is 0 Å². The van der Waals surface area contributed by atoms with E-state index in [4.69, 9.17) is 0 Å². The van der Waals surface area contributed by atoms with Crippen molar-refractivity contribution in [3.63, 3.8) is 0 Å². The summed E-state index contributed by atoms with van der Waals surface area (Å²) < 4.78 is 1.48. The third-order valence-corrected chi connectivity index (χ3v) is 3.60. The number of benzene rings is 1. The van der Waals surface area contributed by atoms with E-state index in [-0.39, 0.29) is 0 Å². The minimum atomic E-state index is 1.41. The van der Waals surface area contributed by atoms with Gasteiger partial charge in [0, 0.05) is 0 Å². The van der Waals surface area contributed by atoms with Gasteiger partial charge in [-0.1, -0.05) is 0 Å². The Morgan fingerprint density at radius 2 is 1.60 bits per heavy atom. The molecule has 1 heteroatoms. The van der Waals surface area contributed by atoms with E-state index in [2.05, 4.69) is 32.9 Å². The molecule has 0 nitrogen and oxygen atoms in total. The molecule has 0 aromatic heterocycles. The average Bonchev–Trinajstić information content (AvgIpc) is 1.93. The van der Waals surface area contributed by atoms with Crippen LogP contribution in [-0.4, -0.2) is 22.5 Å². The first-order valence-corrected chi connectivity index (χ1v) is 4.84. The standard InChI is InChI=1S/C9H11.Sn/c1-7-5-4-6-8(2)9(7)3;/h4-5H,1-3H3;. The first-order valence-electron chi connectivity index (χ1n) is 3.41. The molecule has 0 aliphatic carbocycles. The number of hydrogen-bond acceptors (Lipinski definition) is 0. The van der Waals surface area contributed by atoms with Gasteiger partial charge >= 0.3 is 75.7 Å². The maximum absolute atomic E-state index is 2.22. The van der Waals surface area contributed by atoms with Gasteiger partial charge in [-0.25, -0.2) is 0 Å². The summed E-state index contributed by atoms with van der Waals surface area (Å²) in [7, 11) is 0. The molecule has 3 radical (unpaired) electrons. The average molecular weight is 238 g/mol. The topological polar surface area (TPSA) is 0 Å². The van der Waals surface area contributed by atoms with Crippen LogP contribution in [0.1, 0.15) is 16.7 Å². The molecule has 0 saturated heterocycles. The van der Waals surface area contributed by atoms with Crippen molar-refractivity contribution in [2.75, 3.05) is 0 Å². The third-order valence-electron chi connectivity index (χ3n) is 2.06. The Labute approximate surface area is 75.7 Å². The van der Waals surface area contributed by atoms with Crippen LogP contribution in [0.3, 0.4) is 0 Å². The zero-order valence-corrected chi connectivity index (χ0v) is 9.51.